The number of hydrogen-bond donors (Lipinski definition) is 2. The van der Waals surface area contributed by atoms with Crippen LogP contribution in [-0.4, -0.2) is 11.9 Å². The minimum atomic E-state index is -0.455. The lowest BCUT2D eigenvalue weighted by Gasteiger charge is -2.09. The molecule has 1 aromatic rings. The molecule has 3 nitrogen and oxygen atoms in total. The number of amides is 1. The lowest BCUT2D eigenvalue weighted by molar-refractivity contribution is -0.116. The molecule has 1 aromatic carbocycles. The molecule has 5 heteroatoms. The number of benzene rings is 1. The third-order valence-corrected chi connectivity index (χ3v) is 2.71. The second kappa shape index (κ2) is 5.96. The van der Waals surface area contributed by atoms with Crippen molar-refractivity contribution < 1.29 is 9.18 Å². The highest BCUT2D eigenvalue weighted by atomic mass is 79.9. The molecule has 0 radical (unpaired) electrons. The van der Waals surface area contributed by atoms with Crippen LogP contribution in [0.5, 0.6) is 0 Å². The van der Waals surface area contributed by atoms with E-state index < -0.39 is 5.82 Å². The first-order chi connectivity index (χ1) is 7.50. The largest absolute Gasteiger partial charge is 0.328 e. The van der Waals surface area contributed by atoms with E-state index in [0.29, 0.717) is 17.3 Å². The Bertz CT molecular complexity index is 362. The van der Waals surface area contributed by atoms with E-state index in [1.54, 1.807) is 12.1 Å². The number of carbonyl (C=O) groups is 1. The standard InChI is InChI=1S/C11H14BrFN2O/c1-7(14)5-6-10(16)15-11-8(12)3-2-4-9(11)13/h2-4,7H,5-6,14H2,1H3,(H,15,16). The van der Waals surface area contributed by atoms with Gasteiger partial charge in [-0.3, -0.25) is 4.79 Å². The Morgan fingerprint density at radius 2 is 2.31 bits per heavy atom. The highest BCUT2D eigenvalue weighted by molar-refractivity contribution is 9.10. The topological polar surface area (TPSA) is 55.1 Å². The normalized spacial score (nSPS) is 12.2. The molecule has 0 aliphatic heterocycles. The van der Waals surface area contributed by atoms with E-state index in [-0.39, 0.29) is 17.6 Å². The average molecular weight is 289 g/mol. The Hall–Kier alpha value is -0.940. The summed E-state index contributed by atoms with van der Waals surface area (Å²) in [7, 11) is 0. The van der Waals surface area contributed by atoms with Crippen molar-refractivity contribution in [1.29, 1.82) is 0 Å². The summed E-state index contributed by atoms with van der Waals surface area (Å²) in [6.07, 6.45) is 0.871. The van der Waals surface area contributed by atoms with Crippen LogP contribution in [0.2, 0.25) is 0 Å². The third kappa shape index (κ3) is 3.90. The van der Waals surface area contributed by atoms with Gasteiger partial charge in [0.1, 0.15) is 5.82 Å². The van der Waals surface area contributed by atoms with Crippen LogP contribution in [-0.2, 0) is 4.79 Å². The van der Waals surface area contributed by atoms with Gasteiger partial charge >= 0.3 is 0 Å². The molecule has 1 amide bonds. The predicted molar refractivity (Wildman–Crippen MR) is 65.6 cm³/mol. The Morgan fingerprint density at radius 3 is 2.88 bits per heavy atom. The lowest BCUT2D eigenvalue weighted by atomic mass is 10.2. The number of nitrogens with one attached hydrogen (secondary N) is 1. The Kier molecular flexibility index (Phi) is 4.89. The van der Waals surface area contributed by atoms with Crippen LogP contribution in [0.1, 0.15) is 19.8 Å². The second-order valence-corrected chi connectivity index (χ2v) is 4.52. The smallest absolute Gasteiger partial charge is 0.224 e. The molecule has 3 N–H and O–H groups in total. The average Bonchev–Trinajstić information content (AvgIpc) is 2.21. The first-order valence-corrected chi connectivity index (χ1v) is 5.79. The van der Waals surface area contributed by atoms with E-state index in [0.717, 1.165) is 0 Å². The molecular weight excluding hydrogens is 275 g/mol. The van der Waals surface area contributed by atoms with Gasteiger partial charge in [0, 0.05) is 16.9 Å². The van der Waals surface area contributed by atoms with Crippen molar-refractivity contribution in [3.8, 4) is 0 Å². The third-order valence-electron chi connectivity index (χ3n) is 2.05. The number of carbonyl (C=O) groups excluding carboxylic acids is 1. The van der Waals surface area contributed by atoms with Crippen molar-refractivity contribution in [2.75, 3.05) is 5.32 Å². The maximum atomic E-state index is 13.3. The molecular formula is C11H14BrFN2O. The molecule has 0 heterocycles. The zero-order valence-corrected chi connectivity index (χ0v) is 10.6. The summed E-state index contributed by atoms with van der Waals surface area (Å²) in [6.45, 7) is 1.83. The van der Waals surface area contributed by atoms with E-state index in [1.807, 2.05) is 6.92 Å². The Balaban J connectivity index is 2.63. The van der Waals surface area contributed by atoms with Gasteiger partial charge in [0.15, 0.2) is 0 Å². The number of anilines is 1. The lowest BCUT2D eigenvalue weighted by Crippen LogP contribution is -2.20. The van der Waals surface area contributed by atoms with Gasteiger partial charge in [0.05, 0.1) is 5.69 Å². The van der Waals surface area contributed by atoms with Crippen molar-refractivity contribution >= 4 is 27.5 Å². The van der Waals surface area contributed by atoms with Crippen LogP contribution in [0.4, 0.5) is 10.1 Å². The summed E-state index contributed by atoms with van der Waals surface area (Å²) in [5.41, 5.74) is 5.71. The summed E-state index contributed by atoms with van der Waals surface area (Å²) in [5, 5.41) is 2.52. The van der Waals surface area contributed by atoms with Gasteiger partial charge in [-0.2, -0.15) is 0 Å². The molecule has 0 spiro atoms. The monoisotopic (exact) mass is 288 g/mol. The predicted octanol–water partition coefficient (Wildman–Crippen LogP) is 2.65. The van der Waals surface area contributed by atoms with Crippen molar-refractivity contribution in [1.82, 2.24) is 0 Å². The fourth-order valence-corrected chi connectivity index (χ4v) is 1.62. The summed E-state index contributed by atoms with van der Waals surface area (Å²) < 4.78 is 13.9. The van der Waals surface area contributed by atoms with Gasteiger partial charge < -0.3 is 11.1 Å². The van der Waals surface area contributed by atoms with Crippen LogP contribution in [0, 0.1) is 5.82 Å². The number of nitrogens with two attached hydrogens (primary N) is 1. The number of hydrogen-bond acceptors (Lipinski definition) is 2. The van der Waals surface area contributed by atoms with E-state index >= 15 is 0 Å². The number of rotatable bonds is 4. The fraction of sp³-hybridized carbons (Fsp3) is 0.364. The zero-order chi connectivity index (χ0) is 12.1. The summed E-state index contributed by atoms with van der Waals surface area (Å²) in [6, 6.07) is 4.50. The van der Waals surface area contributed by atoms with E-state index in [9.17, 15) is 9.18 Å². The van der Waals surface area contributed by atoms with Crippen LogP contribution in [0.15, 0.2) is 22.7 Å². The molecule has 0 aliphatic carbocycles. The summed E-state index contributed by atoms with van der Waals surface area (Å²) >= 11 is 3.18. The first-order valence-electron chi connectivity index (χ1n) is 5.00. The number of halogens is 2. The molecule has 1 unspecified atom stereocenters. The highest BCUT2D eigenvalue weighted by Crippen LogP contribution is 2.25. The van der Waals surface area contributed by atoms with Crippen LogP contribution < -0.4 is 11.1 Å². The van der Waals surface area contributed by atoms with Crippen LogP contribution in [0.3, 0.4) is 0 Å². The van der Waals surface area contributed by atoms with Gasteiger partial charge in [0.25, 0.3) is 0 Å². The van der Waals surface area contributed by atoms with Crippen LogP contribution >= 0.6 is 15.9 Å². The minimum Gasteiger partial charge on any atom is -0.328 e. The zero-order valence-electron chi connectivity index (χ0n) is 8.97. The van der Waals surface area contributed by atoms with Crippen molar-refractivity contribution in [3.05, 3.63) is 28.5 Å². The van der Waals surface area contributed by atoms with Crippen LogP contribution in [0.25, 0.3) is 0 Å². The van der Waals surface area contributed by atoms with Crippen molar-refractivity contribution in [3.63, 3.8) is 0 Å². The molecule has 88 valence electrons. The second-order valence-electron chi connectivity index (χ2n) is 3.66. The van der Waals surface area contributed by atoms with Crippen molar-refractivity contribution in [2.45, 2.75) is 25.8 Å². The maximum absolute atomic E-state index is 13.3. The summed E-state index contributed by atoms with van der Waals surface area (Å²) in [4.78, 5) is 11.5. The molecule has 0 bridgehead atoms. The van der Waals surface area contributed by atoms with Gasteiger partial charge in [-0.15, -0.1) is 0 Å². The maximum Gasteiger partial charge on any atom is 0.224 e. The molecule has 1 rings (SSSR count). The number of para-hydroxylation sites is 1. The Labute approximate surface area is 102 Å². The van der Waals surface area contributed by atoms with Crippen molar-refractivity contribution in [2.24, 2.45) is 5.73 Å². The first kappa shape index (κ1) is 13.1. The summed E-state index contributed by atoms with van der Waals surface area (Å²) in [5.74, 6) is -0.688. The van der Waals surface area contributed by atoms with E-state index in [4.69, 9.17) is 5.73 Å². The van der Waals surface area contributed by atoms with Gasteiger partial charge in [-0.1, -0.05) is 6.07 Å². The molecule has 1 atom stereocenters. The molecule has 0 saturated carbocycles. The molecule has 16 heavy (non-hydrogen) atoms. The van der Waals surface area contributed by atoms with E-state index in [2.05, 4.69) is 21.2 Å². The molecule has 0 saturated heterocycles. The molecule has 0 aromatic heterocycles. The van der Waals surface area contributed by atoms with E-state index in [1.165, 1.54) is 6.07 Å². The SMILES string of the molecule is CC(N)CCC(=O)Nc1c(F)cccc1Br. The highest BCUT2D eigenvalue weighted by Gasteiger charge is 2.10. The minimum absolute atomic E-state index is 0.0326. The molecule has 0 fully saturated rings. The van der Waals surface area contributed by atoms with Gasteiger partial charge in [0.2, 0.25) is 5.91 Å². The fourth-order valence-electron chi connectivity index (χ4n) is 1.18. The van der Waals surface area contributed by atoms with Gasteiger partial charge in [-0.05, 0) is 41.4 Å². The quantitative estimate of drug-likeness (QED) is 0.895. The Morgan fingerprint density at radius 1 is 1.62 bits per heavy atom. The molecule has 0 aliphatic rings. The van der Waals surface area contributed by atoms with Gasteiger partial charge in [-0.25, -0.2) is 4.39 Å².